The molecule has 7 heteroatoms. The van der Waals surface area contributed by atoms with Gasteiger partial charge >= 0.3 is 0 Å². The third-order valence-electron chi connectivity index (χ3n) is 2.20. The molecule has 2 rings (SSSR count). The first-order valence-corrected chi connectivity index (χ1v) is 5.56. The molecule has 0 fully saturated rings. The van der Waals surface area contributed by atoms with Gasteiger partial charge in [0.1, 0.15) is 5.75 Å². The molecule has 2 heterocycles. The molecule has 0 unspecified atom stereocenters. The minimum atomic E-state index is 0.145. The molecular formula is C11H12ClN5O. The van der Waals surface area contributed by atoms with E-state index < -0.39 is 0 Å². The summed E-state index contributed by atoms with van der Waals surface area (Å²) >= 11 is 5.88. The van der Waals surface area contributed by atoms with Crippen molar-refractivity contribution in [3.05, 3.63) is 23.7 Å². The Hall–Kier alpha value is -1.95. The molecule has 2 aromatic rings. The second kappa shape index (κ2) is 5.14. The van der Waals surface area contributed by atoms with Crippen LogP contribution < -0.4 is 9.64 Å². The van der Waals surface area contributed by atoms with Crippen molar-refractivity contribution in [2.75, 3.05) is 26.1 Å². The number of pyridine rings is 1. The first-order chi connectivity index (χ1) is 8.60. The fourth-order valence-corrected chi connectivity index (χ4v) is 1.48. The zero-order chi connectivity index (χ0) is 13.1. The summed E-state index contributed by atoms with van der Waals surface area (Å²) in [7, 11) is 5.24. The predicted octanol–water partition coefficient (Wildman–Crippen LogP) is 1.66. The minimum Gasteiger partial charge on any atom is -0.495 e. The third-order valence-corrected chi connectivity index (χ3v) is 2.37. The van der Waals surface area contributed by atoms with Crippen LogP contribution in [0.15, 0.2) is 18.5 Å². The van der Waals surface area contributed by atoms with E-state index in [2.05, 4.69) is 19.9 Å². The van der Waals surface area contributed by atoms with Crippen molar-refractivity contribution >= 4 is 17.5 Å². The van der Waals surface area contributed by atoms with Crippen LogP contribution in [0.4, 0.5) is 5.95 Å². The Bertz CT molecular complexity index is 561. The van der Waals surface area contributed by atoms with Gasteiger partial charge < -0.3 is 9.64 Å². The molecule has 0 aliphatic heterocycles. The van der Waals surface area contributed by atoms with Gasteiger partial charge in [-0.1, -0.05) is 0 Å². The van der Waals surface area contributed by atoms with E-state index in [1.165, 1.54) is 0 Å². The number of rotatable bonds is 3. The molecule has 0 aliphatic rings. The van der Waals surface area contributed by atoms with Gasteiger partial charge in [-0.15, -0.1) is 0 Å². The van der Waals surface area contributed by atoms with E-state index in [0.29, 0.717) is 17.5 Å². The lowest BCUT2D eigenvalue weighted by atomic mass is 10.2. The van der Waals surface area contributed by atoms with E-state index in [9.17, 15) is 0 Å². The summed E-state index contributed by atoms with van der Waals surface area (Å²) in [6.45, 7) is 0. The van der Waals surface area contributed by atoms with Crippen LogP contribution >= 0.6 is 11.6 Å². The molecule has 0 saturated heterocycles. The summed E-state index contributed by atoms with van der Waals surface area (Å²) in [4.78, 5) is 18.2. The topological polar surface area (TPSA) is 64.0 Å². The third kappa shape index (κ3) is 2.65. The van der Waals surface area contributed by atoms with E-state index in [1.54, 1.807) is 30.5 Å². The Morgan fingerprint density at radius 2 is 1.94 bits per heavy atom. The number of ether oxygens (including phenoxy) is 1. The summed E-state index contributed by atoms with van der Waals surface area (Å²) in [5.41, 5.74) is 0.724. The van der Waals surface area contributed by atoms with Crippen LogP contribution in [0.3, 0.4) is 0 Å². The monoisotopic (exact) mass is 265 g/mol. The Balaban J connectivity index is 2.49. The summed E-state index contributed by atoms with van der Waals surface area (Å²) in [5.74, 6) is 1.59. The van der Waals surface area contributed by atoms with Crippen LogP contribution in [0, 0.1) is 0 Å². The van der Waals surface area contributed by atoms with Crippen molar-refractivity contribution in [2.45, 2.75) is 0 Å². The molecular weight excluding hydrogens is 254 g/mol. The van der Waals surface area contributed by atoms with Crippen LogP contribution in [0.2, 0.25) is 5.28 Å². The molecule has 0 radical (unpaired) electrons. The van der Waals surface area contributed by atoms with E-state index >= 15 is 0 Å². The molecule has 0 spiro atoms. The number of halogens is 1. The Morgan fingerprint density at radius 3 is 2.61 bits per heavy atom. The highest BCUT2D eigenvalue weighted by atomic mass is 35.5. The highest BCUT2D eigenvalue weighted by molar-refractivity contribution is 6.28. The van der Waals surface area contributed by atoms with Crippen molar-refractivity contribution in [2.24, 2.45) is 0 Å². The molecule has 0 amide bonds. The van der Waals surface area contributed by atoms with Crippen molar-refractivity contribution in [3.63, 3.8) is 0 Å². The summed E-state index contributed by atoms with van der Waals surface area (Å²) in [5, 5.41) is 0.145. The quantitative estimate of drug-likeness (QED) is 0.841. The fourth-order valence-electron chi connectivity index (χ4n) is 1.32. The first-order valence-electron chi connectivity index (χ1n) is 5.18. The largest absolute Gasteiger partial charge is 0.495 e. The van der Waals surface area contributed by atoms with Crippen molar-refractivity contribution in [1.82, 2.24) is 19.9 Å². The molecule has 2 aromatic heterocycles. The molecule has 6 nitrogen and oxygen atoms in total. The number of hydrogen-bond acceptors (Lipinski definition) is 6. The molecule has 0 N–H and O–H groups in total. The predicted molar refractivity (Wildman–Crippen MR) is 68.9 cm³/mol. The summed E-state index contributed by atoms with van der Waals surface area (Å²) in [6.07, 6.45) is 3.26. The number of nitrogens with zero attached hydrogens (tertiary/aromatic N) is 5. The van der Waals surface area contributed by atoms with Gasteiger partial charge in [-0.2, -0.15) is 15.0 Å². The first kappa shape index (κ1) is 12.5. The second-order valence-electron chi connectivity index (χ2n) is 3.74. The average Bonchev–Trinajstić information content (AvgIpc) is 2.38. The van der Waals surface area contributed by atoms with Crippen molar-refractivity contribution < 1.29 is 4.74 Å². The smallest absolute Gasteiger partial charge is 0.229 e. The second-order valence-corrected chi connectivity index (χ2v) is 4.07. The Labute approximate surface area is 110 Å². The van der Waals surface area contributed by atoms with Gasteiger partial charge in [0.05, 0.1) is 13.3 Å². The van der Waals surface area contributed by atoms with Crippen LogP contribution in [0.25, 0.3) is 11.4 Å². The normalized spacial score (nSPS) is 10.2. The van der Waals surface area contributed by atoms with Gasteiger partial charge in [0.25, 0.3) is 0 Å². The molecule has 0 aliphatic carbocycles. The van der Waals surface area contributed by atoms with E-state index in [4.69, 9.17) is 16.3 Å². The fraction of sp³-hybridized carbons (Fsp3) is 0.273. The zero-order valence-electron chi connectivity index (χ0n) is 10.3. The molecule has 94 valence electrons. The maximum atomic E-state index is 5.88. The van der Waals surface area contributed by atoms with Crippen LogP contribution in [-0.2, 0) is 0 Å². The highest BCUT2D eigenvalue weighted by Gasteiger charge is 2.09. The van der Waals surface area contributed by atoms with E-state index in [0.717, 1.165) is 5.56 Å². The van der Waals surface area contributed by atoms with Gasteiger partial charge in [0, 0.05) is 25.9 Å². The molecule has 0 bridgehead atoms. The lowest BCUT2D eigenvalue weighted by Gasteiger charge is -2.11. The van der Waals surface area contributed by atoms with Gasteiger partial charge in [-0.05, 0) is 17.7 Å². The van der Waals surface area contributed by atoms with Crippen molar-refractivity contribution in [1.29, 1.82) is 0 Å². The van der Waals surface area contributed by atoms with Crippen LogP contribution in [-0.4, -0.2) is 41.1 Å². The van der Waals surface area contributed by atoms with Gasteiger partial charge in [0.15, 0.2) is 5.82 Å². The number of aromatic nitrogens is 4. The maximum Gasteiger partial charge on any atom is 0.229 e. The van der Waals surface area contributed by atoms with Gasteiger partial charge in [0.2, 0.25) is 11.2 Å². The molecule has 0 atom stereocenters. The number of anilines is 1. The van der Waals surface area contributed by atoms with Crippen LogP contribution in [0.1, 0.15) is 0 Å². The van der Waals surface area contributed by atoms with Crippen LogP contribution in [0.5, 0.6) is 5.75 Å². The number of hydrogen-bond donors (Lipinski definition) is 0. The SMILES string of the molecule is COc1cncc(-c2nc(Cl)nc(N(C)C)n2)c1. The van der Waals surface area contributed by atoms with Gasteiger partial charge in [-0.3, -0.25) is 4.98 Å². The van der Waals surface area contributed by atoms with E-state index in [1.807, 2.05) is 14.1 Å². The van der Waals surface area contributed by atoms with E-state index in [-0.39, 0.29) is 5.28 Å². The lowest BCUT2D eigenvalue weighted by Crippen LogP contribution is -2.14. The van der Waals surface area contributed by atoms with Gasteiger partial charge in [-0.25, -0.2) is 0 Å². The summed E-state index contributed by atoms with van der Waals surface area (Å²) < 4.78 is 5.11. The van der Waals surface area contributed by atoms with Crippen molar-refractivity contribution in [3.8, 4) is 17.1 Å². The maximum absolute atomic E-state index is 5.88. The average molecular weight is 266 g/mol. The molecule has 0 aromatic carbocycles. The Morgan fingerprint density at radius 1 is 1.17 bits per heavy atom. The Kier molecular flexibility index (Phi) is 3.57. The zero-order valence-corrected chi connectivity index (χ0v) is 11.0. The number of methoxy groups -OCH3 is 1. The minimum absolute atomic E-state index is 0.145. The molecule has 18 heavy (non-hydrogen) atoms. The standard InChI is InChI=1S/C11H12ClN5O/c1-17(2)11-15-9(14-10(12)16-11)7-4-8(18-3)6-13-5-7/h4-6H,1-3H3. The molecule has 0 saturated carbocycles. The highest BCUT2D eigenvalue weighted by Crippen LogP contribution is 2.21. The summed E-state index contributed by atoms with van der Waals surface area (Å²) in [6, 6.07) is 1.79. The lowest BCUT2D eigenvalue weighted by molar-refractivity contribution is 0.413.